The summed E-state index contributed by atoms with van der Waals surface area (Å²) >= 11 is 1.85. The lowest BCUT2D eigenvalue weighted by Crippen LogP contribution is -2.38. The van der Waals surface area contributed by atoms with Crippen LogP contribution in [0.5, 0.6) is 0 Å². The molecule has 0 radical (unpaired) electrons. The maximum Gasteiger partial charge on any atom is 0.407 e. The van der Waals surface area contributed by atoms with Gasteiger partial charge >= 0.3 is 12.1 Å². The molecule has 0 bridgehead atoms. The van der Waals surface area contributed by atoms with E-state index >= 15 is 0 Å². The van der Waals surface area contributed by atoms with Gasteiger partial charge in [0.1, 0.15) is 5.60 Å². The Morgan fingerprint density at radius 3 is 2.68 bits per heavy atom. The molecule has 0 spiro atoms. The number of rotatable bonds is 7. The van der Waals surface area contributed by atoms with E-state index in [0.29, 0.717) is 24.8 Å². The third-order valence-electron chi connectivity index (χ3n) is 3.95. The maximum atomic E-state index is 11.8. The molecule has 2 rings (SSSR count). The summed E-state index contributed by atoms with van der Waals surface area (Å²) in [6.07, 6.45) is 1.64. The number of carbonyl (C=O) groups excluding carboxylic acids is 3. The number of hydrogen-bond acceptors (Lipinski definition) is 5. The first-order chi connectivity index (χ1) is 11.7. The molecule has 8 nitrogen and oxygen atoms in total. The first kappa shape index (κ1) is 19.7. The third-order valence-corrected chi connectivity index (χ3v) is 5.45. The molecule has 142 valence electrons. The Morgan fingerprint density at radius 2 is 1.96 bits per heavy atom. The fourth-order valence-corrected chi connectivity index (χ4v) is 4.42. The minimum atomic E-state index is -0.529. The third kappa shape index (κ3) is 6.64. The molecule has 2 fully saturated rings. The first-order valence-electron chi connectivity index (χ1n) is 8.67. The highest BCUT2D eigenvalue weighted by Gasteiger charge is 2.42. The van der Waals surface area contributed by atoms with Crippen molar-refractivity contribution >= 4 is 29.8 Å². The number of fused-ring (bicyclic) bond motifs is 1. The van der Waals surface area contributed by atoms with E-state index in [4.69, 9.17) is 4.74 Å². The largest absolute Gasteiger partial charge is 0.444 e. The molecule has 2 aliphatic heterocycles. The molecule has 0 saturated carbocycles. The van der Waals surface area contributed by atoms with Crippen LogP contribution in [0.25, 0.3) is 0 Å². The molecule has 25 heavy (non-hydrogen) atoms. The average molecular weight is 372 g/mol. The van der Waals surface area contributed by atoms with Gasteiger partial charge < -0.3 is 26.0 Å². The number of ether oxygens (including phenoxy) is 1. The second-order valence-corrected chi connectivity index (χ2v) is 8.56. The lowest BCUT2D eigenvalue weighted by molar-refractivity contribution is -0.121. The number of carbonyl (C=O) groups is 3. The quantitative estimate of drug-likeness (QED) is 0.393. The van der Waals surface area contributed by atoms with Gasteiger partial charge in [0, 0.05) is 30.5 Å². The van der Waals surface area contributed by atoms with Crippen molar-refractivity contribution in [3.8, 4) is 0 Å². The van der Waals surface area contributed by atoms with E-state index in [1.807, 2.05) is 11.8 Å². The van der Waals surface area contributed by atoms with Crippen molar-refractivity contribution in [2.24, 2.45) is 0 Å². The van der Waals surface area contributed by atoms with E-state index in [1.165, 1.54) is 0 Å². The van der Waals surface area contributed by atoms with Gasteiger partial charge in [-0.3, -0.25) is 4.79 Å². The highest BCUT2D eigenvalue weighted by molar-refractivity contribution is 8.00. The summed E-state index contributed by atoms with van der Waals surface area (Å²) in [5.41, 5.74) is -0.529. The molecule has 0 aliphatic carbocycles. The first-order valence-corrected chi connectivity index (χ1v) is 9.71. The maximum absolute atomic E-state index is 11.8. The normalized spacial score (nSPS) is 24.9. The molecular formula is C16H28N4O4S. The Labute approximate surface area is 152 Å². The molecule has 9 heteroatoms. The van der Waals surface area contributed by atoms with Gasteiger partial charge in [-0.2, -0.15) is 11.8 Å². The van der Waals surface area contributed by atoms with Gasteiger partial charge in [0.05, 0.1) is 12.1 Å². The summed E-state index contributed by atoms with van der Waals surface area (Å²) in [6.45, 7) is 6.10. The molecule has 2 aliphatic rings. The molecule has 4 amide bonds. The van der Waals surface area contributed by atoms with Crippen molar-refractivity contribution in [2.45, 2.75) is 63.0 Å². The van der Waals surface area contributed by atoms with E-state index in [2.05, 4.69) is 21.3 Å². The van der Waals surface area contributed by atoms with Crippen LogP contribution in [0.3, 0.4) is 0 Å². The standard InChI is InChI=1S/C16H28N4O4S/c1-16(2,3)24-15(23)18-8-7-17-12(21)6-4-5-11-13-10(9-25-11)19-14(22)20-13/h10-11,13H,4-9H2,1-3H3,(H,17,21)(H,18,23)(H2,19,20,22)/t10-,11-,13+/m1/s1. The number of hydrogen-bond donors (Lipinski definition) is 4. The molecule has 3 atom stereocenters. The van der Waals surface area contributed by atoms with E-state index in [-0.39, 0.29) is 24.0 Å². The minimum Gasteiger partial charge on any atom is -0.444 e. The van der Waals surface area contributed by atoms with Crippen molar-refractivity contribution in [3.05, 3.63) is 0 Å². The van der Waals surface area contributed by atoms with Gasteiger partial charge in [0.2, 0.25) is 5.91 Å². The number of urea groups is 1. The van der Waals surface area contributed by atoms with Crippen molar-refractivity contribution in [2.75, 3.05) is 18.8 Å². The number of alkyl carbamates (subject to hydrolysis) is 1. The Balaban J connectivity index is 1.52. The molecule has 0 aromatic rings. The molecule has 0 unspecified atom stereocenters. The zero-order valence-electron chi connectivity index (χ0n) is 15.0. The van der Waals surface area contributed by atoms with Crippen molar-refractivity contribution in [1.29, 1.82) is 0 Å². The van der Waals surface area contributed by atoms with Gasteiger partial charge in [-0.25, -0.2) is 9.59 Å². The van der Waals surface area contributed by atoms with Crippen LogP contribution in [0.15, 0.2) is 0 Å². The van der Waals surface area contributed by atoms with Crippen molar-refractivity contribution in [3.63, 3.8) is 0 Å². The SMILES string of the molecule is CC(C)(C)OC(=O)NCCNC(=O)CCC[C@H]1SC[C@H]2NC(=O)N[C@@H]21. The molecule has 2 heterocycles. The van der Waals surface area contributed by atoms with Crippen LogP contribution in [-0.2, 0) is 9.53 Å². The van der Waals surface area contributed by atoms with Crippen molar-refractivity contribution in [1.82, 2.24) is 21.3 Å². The number of thioether (sulfide) groups is 1. The summed E-state index contributed by atoms with van der Waals surface area (Å²) in [4.78, 5) is 34.6. The summed E-state index contributed by atoms with van der Waals surface area (Å²) in [7, 11) is 0. The molecule has 0 aromatic heterocycles. The van der Waals surface area contributed by atoms with Crippen molar-refractivity contribution < 1.29 is 19.1 Å². The number of amides is 4. The molecule has 2 saturated heterocycles. The predicted molar refractivity (Wildman–Crippen MR) is 96.6 cm³/mol. The zero-order chi connectivity index (χ0) is 18.4. The van der Waals surface area contributed by atoms with Gasteiger partial charge in [0.25, 0.3) is 0 Å². The van der Waals surface area contributed by atoms with E-state index in [0.717, 1.165) is 18.6 Å². The van der Waals surface area contributed by atoms with E-state index < -0.39 is 11.7 Å². The highest BCUT2D eigenvalue weighted by Crippen LogP contribution is 2.32. The van der Waals surface area contributed by atoms with Crippen LogP contribution in [-0.4, -0.2) is 59.8 Å². The lowest BCUT2D eigenvalue weighted by Gasteiger charge is -2.19. The van der Waals surface area contributed by atoms with Crippen LogP contribution >= 0.6 is 11.8 Å². The second-order valence-electron chi connectivity index (χ2n) is 7.29. The molecular weight excluding hydrogens is 344 g/mol. The van der Waals surface area contributed by atoms with Gasteiger partial charge in [-0.1, -0.05) is 0 Å². The van der Waals surface area contributed by atoms with Gasteiger partial charge in [-0.15, -0.1) is 0 Å². The van der Waals surface area contributed by atoms with Gasteiger partial charge in [-0.05, 0) is 33.6 Å². The fourth-order valence-electron chi connectivity index (χ4n) is 2.88. The fraction of sp³-hybridized carbons (Fsp3) is 0.812. The van der Waals surface area contributed by atoms with Gasteiger partial charge in [0.15, 0.2) is 0 Å². The average Bonchev–Trinajstić information content (AvgIpc) is 3.02. The Morgan fingerprint density at radius 1 is 1.24 bits per heavy atom. The highest BCUT2D eigenvalue weighted by atomic mass is 32.2. The van der Waals surface area contributed by atoms with Crippen LogP contribution < -0.4 is 21.3 Å². The predicted octanol–water partition coefficient (Wildman–Crippen LogP) is 0.963. The van der Waals surface area contributed by atoms with E-state index in [1.54, 1.807) is 20.8 Å². The smallest absolute Gasteiger partial charge is 0.407 e. The summed E-state index contributed by atoms with van der Waals surface area (Å²) in [5.74, 6) is 0.899. The monoisotopic (exact) mass is 372 g/mol. The zero-order valence-corrected chi connectivity index (χ0v) is 15.8. The summed E-state index contributed by atoms with van der Waals surface area (Å²) in [6, 6.07) is 0.310. The Hall–Kier alpha value is -1.64. The summed E-state index contributed by atoms with van der Waals surface area (Å²) in [5, 5.41) is 11.6. The molecule has 4 N–H and O–H groups in total. The lowest BCUT2D eigenvalue weighted by atomic mass is 10.0. The van der Waals surface area contributed by atoms with Crippen LogP contribution in [0, 0.1) is 0 Å². The Bertz CT molecular complexity index is 509. The molecule has 0 aromatic carbocycles. The second kappa shape index (κ2) is 8.64. The topological polar surface area (TPSA) is 109 Å². The number of nitrogens with one attached hydrogen (secondary N) is 4. The van der Waals surface area contributed by atoms with Crippen LogP contribution in [0.2, 0.25) is 0 Å². The summed E-state index contributed by atoms with van der Waals surface area (Å²) < 4.78 is 5.11. The Kier molecular flexibility index (Phi) is 6.80. The minimum absolute atomic E-state index is 0.0286. The van der Waals surface area contributed by atoms with Crippen LogP contribution in [0.1, 0.15) is 40.0 Å². The van der Waals surface area contributed by atoms with E-state index in [9.17, 15) is 14.4 Å². The van der Waals surface area contributed by atoms with Crippen LogP contribution in [0.4, 0.5) is 9.59 Å².